The van der Waals surface area contributed by atoms with Gasteiger partial charge in [-0.2, -0.15) is 4.68 Å². The van der Waals surface area contributed by atoms with Gasteiger partial charge < -0.3 is 10.2 Å². The van der Waals surface area contributed by atoms with Gasteiger partial charge in [-0.1, -0.05) is 49.4 Å². The highest BCUT2D eigenvalue weighted by Gasteiger charge is 2.26. The average molecular weight is 459 g/mol. The molecule has 2 heterocycles. The van der Waals surface area contributed by atoms with Crippen molar-refractivity contribution < 1.29 is 4.79 Å². The summed E-state index contributed by atoms with van der Waals surface area (Å²) >= 11 is 0. The van der Waals surface area contributed by atoms with Crippen molar-refractivity contribution in [2.75, 3.05) is 18.0 Å². The zero-order valence-corrected chi connectivity index (χ0v) is 20.1. The molecule has 0 spiro atoms. The highest BCUT2D eigenvalue weighted by Crippen LogP contribution is 2.22. The molecule has 6 nitrogen and oxygen atoms in total. The van der Waals surface area contributed by atoms with Crippen LogP contribution in [0.4, 0.5) is 5.82 Å². The molecule has 1 aromatic heterocycles. The maximum absolute atomic E-state index is 12.8. The number of rotatable bonds is 8. The van der Waals surface area contributed by atoms with Gasteiger partial charge in [0.15, 0.2) is 0 Å². The maximum atomic E-state index is 12.8. The molecular formula is C28H34N4O2. The van der Waals surface area contributed by atoms with Crippen molar-refractivity contribution in [1.29, 1.82) is 0 Å². The molecule has 178 valence electrons. The van der Waals surface area contributed by atoms with Gasteiger partial charge in [-0.25, -0.2) is 0 Å². The number of benzene rings is 2. The zero-order valence-electron chi connectivity index (χ0n) is 20.1. The molecule has 0 bridgehead atoms. The van der Waals surface area contributed by atoms with E-state index in [1.54, 1.807) is 12.1 Å². The molecule has 0 aliphatic carbocycles. The predicted molar refractivity (Wildman–Crippen MR) is 137 cm³/mol. The van der Waals surface area contributed by atoms with Crippen LogP contribution in [0.2, 0.25) is 0 Å². The molecule has 6 heteroatoms. The van der Waals surface area contributed by atoms with Gasteiger partial charge in [0.25, 0.3) is 5.56 Å². The number of anilines is 1. The van der Waals surface area contributed by atoms with E-state index in [2.05, 4.69) is 53.4 Å². The molecule has 0 saturated carbocycles. The molecule has 1 saturated heterocycles. The van der Waals surface area contributed by atoms with E-state index in [9.17, 15) is 9.59 Å². The van der Waals surface area contributed by atoms with E-state index in [0.29, 0.717) is 0 Å². The number of hydrogen-bond acceptors (Lipinski definition) is 4. The molecule has 1 N–H and O–H groups in total. The van der Waals surface area contributed by atoms with E-state index >= 15 is 0 Å². The van der Waals surface area contributed by atoms with Crippen LogP contribution in [0, 0.1) is 5.92 Å². The second-order valence-electron chi connectivity index (χ2n) is 9.16. The zero-order chi connectivity index (χ0) is 23.9. The quantitative estimate of drug-likeness (QED) is 0.551. The van der Waals surface area contributed by atoms with E-state index in [4.69, 9.17) is 0 Å². The molecule has 1 fully saturated rings. The fourth-order valence-corrected chi connectivity index (χ4v) is 4.46. The van der Waals surface area contributed by atoms with E-state index in [-0.39, 0.29) is 23.4 Å². The van der Waals surface area contributed by atoms with Crippen LogP contribution in [-0.4, -0.2) is 34.8 Å². The third kappa shape index (κ3) is 5.93. The van der Waals surface area contributed by atoms with E-state index in [1.807, 2.05) is 30.3 Å². The van der Waals surface area contributed by atoms with Crippen molar-refractivity contribution >= 4 is 11.7 Å². The molecule has 4 rings (SSSR count). The summed E-state index contributed by atoms with van der Waals surface area (Å²) in [5.41, 5.74) is 3.14. The smallest absolute Gasteiger partial charge is 0.271 e. The number of nitrogens with zero attached hydrogens (tertiary/aromatic N) is 3. The van der Waals surface area contributed by atoms with Gasteiger partial charge in [0.05, 0.1) is 5.69 Å². The number of aromatic nitrogens is 2. The minimum absolute atomic E-state index is 0.0166. The Morgan fingerprint density at radius 1 is 1.00 bits per heavy atom. The minimum Gasteiger partial charge on any atom is -0.355 e. The van der Waals surface area contributed by atoms with E-state index < -0.39 is 0 Å². The molecule has 1 atom stereocenters. The van der Waals surface area contributed by atoms with Gasteiger partial charge in [0.1, 0.15) is 5.82 Å². The molecule has 3 aromatic rings. The largest absolute Gasteiger partial charge is 0.355 e. The second kappa shape index (κ2) is 11.1. The van der Waals surface area contributed by atoms with Gasteiger partial charge in [-0.15, -0.1) is 5.10 Å². The Kier molecular flexibility index (Phi) is 7.78. The van der Waals surface area contributed by atoms with Gasteiger partial charge >= 0.3 is 0 Å². The summed E-state index contributed by atoms with van der Waals surface area (Å²) in [6.07, 6.45) is 4.41. The van der Waals surface area contributed by atoms with Crippen LogP contribution < -0.4 is 15.8 Å². The van der Waals surface area contributed by atoms with Crippen molar-refractivity contribution in [1.82, 2.24) is 15.1 Å². The number of carbonyl (C=O) groups is 1. The van der Waals surface area contributed by atoms with Crippen molar-refractivity contribution in [3.63, 3.8) is 0 Å². The van der Waals surface area contributed by atoms with Crippen LogP contribution in [0.15, 0.2) is 71.5 Å². The van der Waals surface area contributed by atoms with Gasteiger partial charge in [-0.3, -0.25) is 9.59 Å². The van der Waals surface area contributed by atoms with Crippen molar-refractivity contribution in [3.8, 4) is 5.69 Å². The Bertz CT molecular complexity index is 1130. The number of nitrogens with one attached hydrogen (secondary N) is 1. The Hall–Kier alpha value is -3.41. The third-order valence-electron chi connectivity index (χ3n) is 6.66. The van der Waals surface area contributed by atoms with Crippen molar-refractivity contribution in [2.24, 2.45) is 5.92 Å². The van der Waals surface area contributed by atoms with Gasteiger partial charge in [0, 0.05) is 31.1 Å². The highest BCUT2D eigenvalue weighted by atomic mass is 16.2. The number of piperidine rings is 1. The molecule has 34 heavy (non-hydrogen) atoms. The Balaban J connectivity index is 1.31. The first-order valence-electron chi connectivity index (χ1n) is 12.3. The van der Waals surface area contributed by atoms with Crippen molar-refractivity contribution in [2.45, 2.75) is 52.0 Å². The fourth-order valence-electron chi connectivity index (χ4n) is 4.46. The summed E-state index contributed by atoms with van der Waals surface area (Å²) in [5.74, 6) is 0.936. The first-order chi connectivity index (χ1) is 16.5. The molecule has 1 amide bonds. The lowest BCUT2D eigenvalue weighted by atomic mass is 9.95. The topological polar surface area (TPSA) is 67.2 Å². The van der Waals surface area contributed by atoms with Crippen LogP contribution in [0.25, 0.3) is 5.69 Å². The Labute approximate surface area is 201 Å². The van der Waals surface area contributed by atoms with Crippen LogP contribution in [0.5, 0.6) is 0 Å². The maximum Gasteiger partial charge on any atom is 0.271 e. The Morgan fingerprint density at radius 2 is 1.71 bits per heavy atom. The minimum atomic E-state index is -0.147. The molecule has 0 unspecified atom stereocenters. The number of aryl methyl sites for hydroxylation is 2. The predicted octanol–water partition coefficient (Wildman–Crippen LogP) is 4.15. The van der Waals surface area contributed by atoms with E-state index in [1.165, 1.54) is 15.8 Å². The van der Waals surface area contributed by atoms with Crippen LogP contribution in [-0.2, 0) is 17.6 Å². The normalized spacial score (nSPS) is 15.2. The lowest BCUT2D eigenvalue weighted by molar-refractivity contribution is -0.126. The summed E-state index contributed by atoms with van der Waals surface area (Å²) in [5, 5.41) is 7.83. The summed E-state index contributed by atoms with van der Waals surface area (Å²) in [7, 11) is 0. The molecule has 0 radical (unpaired) electrons. The average Bonchev–Trinajstić information content (AvgIpc) is 2.88. The fraction of sp³-hybridized carbons (Fsp3) is 0.393. The molecular weight excluding hydrogens is 424 g/mol. The summed E-state index contributed by atoms with van der Waals surface area (Å²) in [6, 6.07) is 21.8. The number of hydrogen-bond donors (Lipinski definition) is 1. The van der Waals surface area contributed by atoms with Crippen LogP contribution in [0.3, 0.4) is 0 Å². The number of carbonyl (C=O) groups excluding carboxylic acids is 1. The molecule has 2 aromatic carbocycles. The second-order valence-corrected chi connectivity index (χ2v) is 9.16. The first-order valence-corrected chi connectivity index (χ1v) is 12.3. The van der Waals surface area contributed by atoms with Crippen LogP contribution in [0.1, 0.15) is 44.2 Å². The van der Waals surface area contributed by atoms with Gasteiger partial charge in [0.2, 0.25) is 5.91 Å². The monoisotopic (exact) mass is 458 g/mol. The Morgan fingerprint density at radius 3 is 2.38 bits per heavy atom. The summed E-state index contributed by atoms with van der Waals surface area (Å²) in [4.78, 5) is 27.4. The van der Waals surface area contributed by atoms with Crippen LogP contribution >= 0.6 is 0 Å². The molecule has 1 aliphatic heterocycles. The standard InChI is InChI=1S/C28H34N4O2/c1-3-22-11-13-25(14-12-22)32-27(33)16-15-26(30-32)31-19-17-24(18-20-31)28(34)29-21(2)9-10-23-7-5-4-6-8-23/h4-8,11-16,21,24H,3,9-10,17-20H2,1-2H3,(H,29,34)/t21-/m0/s1. The van der Waals surface area contributed by atoms with E-state index in [0.717, 1.165) is 56.7 Å². The SMILES string of the molecule is CCc1ccc(-n2nc(N3CCC(C(=O)N[C@@H](C)CCc4ccccc4)CC3)ccc2=O)cc1. The lowest BCUT2D eigenvalue weighted by Crippen LogP contribution is -2.43. The third-order valence-corrected chi connectivity index (χ3v) is 6.66. The molecule has 1 aliphatic rings. The summed E-state index contributed by atoms with van der Waals surface area (Å²) in [6.45, 7) is 5.68. The van der Waals surface area contributed by atoms with Crippen molar-refractivity contribution in [3.05, 3.63) is 88.2 Å². The van der Waals surface area contributed by atoms with Gasteiger partial charge in [-0.05, 0) is 68.4 Å². The highest BCUT2D eigenvalue weighted by molar-refractivity contribution is 5.79. The lowest BCUT2D eigenvalue weighted by Gasteiger charge is -2.32. The summed E-state index contributed by atoms with van der Waals surface area (Å²) < 4.78 is 1.46. The number of amides is 1. The first kappa shape index (κ1) is 23.7.